The number of hydrogen-bond acceptors (Lipinski definition) is 18. The van der Waals surface area contributed by atoms with Crippen LogP contribution in [0.4, 0.5) is 10.5 Å². The average molecular weight is 708 g/mol. The second kappa shape index (κ2) is 12.0. The van der Waals surface area contributed by atoms with E-state index in [2.05, 4.69) is 14.2 Å². The first-order chi connectivity index (χ1) is 21.7. The zero-order valence-electron chi connectivity index (χ0n) is 25.3. The number of rotatable bonds is 11. The quantitative estimate of drug-likeness (QED) is 0.0766. The molecule has 2 aromatic carbocycles. The molecule has 268 valence electrons. The summed E-state index contributed by atoms with van der Waals surface area (Å²) < 4.78 is 40.6. The molecule has 0 aromatic heterocycles. The Kier molecular flexibility index (Phi) is 9.46. The molecule has 5 atom stereocenters. The Labute approximate surface area is 272 Å². The van der Waals surface area contributed by atoms with Crippen molar-refractivity contribution in [3.63, 3.8) is 0 Å². The average Bonchev–Trinajstić information content (AvgIpc) is 3.13. The molecular weight excluding hydrogens is 670 g/mol. The van der Waals surface area contributed by atoms with E-state index in [-0.39, 0.29) is 17.0 Å². The van der Waals surface area contributed by atoms with Gasteiger partial charge < -0.3 is 72.0 Å². The fraction of sp³-hybridized carbons (Fsp3) is 0.519. The number of aliphatic hydroxyl groups excluding tert-OH is 1. The predicted octanol–water partition coefficient (Wildman–Crippen LogP) is -5.19. The van der Waals surface area contributed by atoms with Crippen LogP contribution in [0, 0.1) is 0 Å². The highest BCUT2D eigenvalue weighted by atomic mass is 32.2. The van der Waals surface area contributed by atoms with Crippen molar-refractivity contribution in [1.29, 1.82) is 0 Å². The molecule has 2 saturated heterocycles. The van der Waals surface area contributed by atoms with Crippen molar-refractivity contribution in [2.24, 2.45) is 0 Å². The third kappa shape index (κ3) is 6.24. The number of nitrogens with one attached hydrogen (secondary N) is 1. The molecule has 0 saturated carbocycles. The van der Waals surface area contributed by atoms with Crippen molar-refractivity contribution >= 4 is 21.8 Å². The number of aliphatic hydroxyl groups is 11. The largest absolute Gasteiger partial charge is 0.410 e. The second-order valence-electron chi connectivity index (χ2n) is 12.1. The number of ether oxygens (including phenoxy) is 3. The molecule has 20 nitrogen and oxygen atoms in total. The monoisotopic (exact) mass is 707 g/mol. The smallest absolute Gasteiger partial charge is 0.404 e. The molecule has 2 aliphatic heterocycles. The van der Waals surface area contributed by atoms with Crippen LogP contribution < -0.4 is 11.1 Å². The van der Waals surface area contributed by atoms with Crippen LogP contribution in [0.2, 0.25) is 0 Å². The van der Waals surface area contributed by atoms with Crippen molar-refractivity contribution in [3.8, 4) is 0 Å². The molecule has 1 amide bonds. The van der Waals surface area contributed by atoms with Crippen molar-refractivity contribution < 1.29 is 83.6 Å². The number of nitrogen functional groups attached to an aromatic ring is 1. The third-order valence-corrected chi connectivity index (χ3v) is 9.51. The summed E-state index contributed by atoms with van der Waals surface area (Å²) in [5, 5.41) is 117. The first-order valence-corrected chi connectivity index (χ1v) is 15.4. The number of sulfonamides is 1. The Balaban J connectivity index is 1.68. The van der Waals surface area contributed by atoms with Crippen molar-refractivity contribution in [2.75, 3.05) is 18.8 Å². The predicted molar refractivity (Wildman–Crippen MR) is 154 cm³/mol. The standard InChI is InChI=1S/C27H37N3O17S/c1-21(2,33)14-30(48(43,44)17-10-8-16(28)9-11-17)13-19(31)18(12-15-6-4-3-5-7-15)29-20(32)45-24(37)22(34)23(35,36)25(38,39)46-27(22,42)47-26(24,40)41/h3-11,18-19,31,33-42H,12-14,28H2,1-2H3,(H,29,32). The summed E-state index contributed by atoms with van der Waals surface area (Å²) in [6.45, 7) is 1.17. The van der Waals surface area contributed by atoms with Gasteiger partial charge in [0.15, 0.2) is 0 Å². The van der Waals surface area contributed by atoms with Gasteiger partial charge in [-0.05, 0) is 50.1 Å². The minimum atomic E-state index is -4.69. The number of nitrogens with zero attached hydrogens (tertiary/aromatic N) is 1. The Morgan fingerprint density at radius 3 is 2.02 bits per heavy atom. The summed E-state index contributed by atoms with van der Waals surface area (Å²) in [7, 11) is -4.46. The first kappa shape index (κ1) is 37.7. The molecule has 0 bridgehead atoms. The van der Waals surface area contributed by atoms with E-state index >= 15 is 0 Å². The minimum Gasteiger partial charge on any atom is -0.404 e. The molecule has 0 spiro atoms. The van der Waals surface area contributed by atoms with Crippen LogP contribution in [0.1, 0.15) is 19.4 Å². The van der Waals surface area contributed by atoms with Crippen molar-refractivity contribution in [2.45, 2.75) is 78.0 Å². The molecule has 21 heteroatoms. The van der Waals surface area contributed by atoms with Crippen LogP contribution in [-0.4, -0.2) is 141 Å². The van der Waals surface area contributed by atoms with Gasteiger partial charge in [0.05, 0.1) is 22.6 Å². The van der Waals surface area contributed by atoms with Crippen LogP contribution in [0.5, 0.6) is 0 Å². The normalized spacial score (nSPS) is 28.9. The van der Waals surface area contributed by atoms with Gasteiger partial charge in [-0.2, -0.15) is 4.31 Å². The van der Waals surface area contributed by atoms with Gasteiger partial charge in [-0.15, -0.1) is 0 Å². The first-order valence-electron chi connectivity index (χ1n) is 13.9. The summed E-state index contributed by atoms with van der Waals surface area (Å²) in [6, 6.07) is 11.2. The van der Waals surface area contributed by atoms with Gasteiger partial charge in [-0.25, -0.2) is 13.2 Å². The molecule has 4 rings (SSSR count). The Morgan fingerprint density at radius 1 is 0.938 bits per heavy atom. The van der Waals surface area contributed by atoms with E-state index in [9.17, 15) is 69.4 Å². The molecule has 14 N–H and O–H groups in total. The van der Waals surface area contributed by atoms with Crippen LogP contribution >= 0.6 is 0 Å². The Morgan fingerprint density at radius 2 is 1.48 bits per heavy atom. The van der Waals surface area contributed by atoms with Crippen LogP contribution in [-0.2, 0) is 30.7 Å². The highest BCUT2D eigenvalue weighted by Gasteiger charge is 2.98. The van der Waals surface area contributed by atoms with E-state index in [0.717, 1.165) is 0 Å². The molecule has 2 fully saturated rings. The van der Waals surface area contributed by atoms with E-state index in [1.54, 1.807) is 18.2 Å². The van der Waals surface area contributed by atoms with Gasteiger partial charge in [-0.1, -0.05) is 30.3 Å². The zero-order chi connectivity index (χ0) is 36.4. The van der Waals surface area contributed by atoms with Gasteiger partial charge in [0, 0.05) is 18.8 Å². The number of benzene rings is 2. The topological polar surface area (TPSA) is 343 Å². The number of amides is 1. The minimum absolute atomic E-state index is 0.244. The molecule has 48 heavy (non-hydrogen) atoms. The molecule has 5 unspecified atom stereocenters. The highest BCUT2D eigenvalue weighted by molar-refractivity contribution is 7.89. The lowest BCUT2D eigenvalue weighted by atomic mass is 9.83. The summed E-state index contributed by atoms with van der Waals surface area (Å²) in [5.41, 5.74) is 0.0387. The van der Waals surface area contributed by atoms with E-state index in [1.165, 1.54) is 50.2 Å². The SMILES string of the molecule is CC(C)(O)CN(CC(O)C(Cc1ccccc1)NC(=O)OC1(O)C(O)(O)OC2(O)OC(O)(O)C(O)(O)C21O)S(=O)(=O)c1ccc(N)cc1. The van der Waals surface area contributed by atoms with E-state index in [0.29, 0.717) is 9.87 Å². The molecule has 0 radical (unpaired) electrons. The lowest BCUT2D eigenvalue weighted by molar-refractivity contribution is -0.530. The molecular formula is C27H37N3O17S. The molecule has 2 heterocycles. The Hall–Kier alpha value is -3.10. The molecule has 2 aromatic rings. The van der Waals surface area contributed by atoms with Gasteiger partial charge in [0.25, 0.3) is 11.4 Å². The summed E-state index contributed by atoms with van der Waals surface area (Å²) in [5.74, 6) is -22.5. The van der Waals surface area contributed by atoms with Gasteiger partial charge >= 0.3 is 29.8 Å². The van der Waals surface area contributed by atoms with Gasteiger partial charge in [-0.3, -0.25) is 9.47 Å². The van der Waals surface area contributed by atoms with Crippen LogP contribution in [0.3, 0.4) is 0 Å². The fourth-order valence-corrected chi connectivity index (χ4v) is 6.86. The number of fused-ring (bicyclic) bond motifs is 1. The lowest BCUT2D eigenvalue weighted by Crippen LogP contribution is -2.78. The van der Waals surface area contributed by atoms with E-state index in [4.69, 9.17) is 5.73 Å². The number of hydrogen-bond donors (Lipinski definition) is 13. The molecule has 0 aliphatic carbocycles. The number of alkyl carbamates (subject to hydrolysis) is 1. The number of nitrogens with two attached hydrogens (primary N) is 1. The van der Waals surface area contributed by atoms with Crippen LogP contribution in [0.25, 0.3) is 0 Å². The lowest BCUT2D eigenvalue weighted by Gasteiger charge is -2.43. The number of carbonyl (C=O) groups is 1. The maximum atomic E-state index is 13.6. The highest BCUT2D eigenvalue weighted by Crippen LogP contribution is 2.61. The molecule has 2 aliphatic rings. The second-order valence-corrected chi connectivity index (χ2v) is 14.0. The third-order valence-electron chi connectivity index (χ3n) is 7.69. The fourth-order valence-electron chi connectivity index (χ4n) is 5.25. The maximum absolute atomic E-state index is 13.6. The maximum Gasteiger partial charge on any atom is 0.410 e. The number of anilines is 1. The van der Waals surface area contributed by atoms with Crippen molar-refractivity contribution in [3.05, 3.63) is 60.2 Å². The summed E-state index contributed by atoms with van der Waals surface area (Å²) in [6.07, 6.45) is -4.25. The number of carbonyl (C=O) groups excluding carboxylic acids is 1. The zero-order valence-corrected chi connectivity index (χ0v) is 26.1. The summed E-state index contributed by atoms with van der Waals surface area (Å²) in [4.78, 5) is 12.9. The van der Waals surface area contributed by atoms with Crippen LogP contribution in [0.15, 0.2) is 59.5 Å². The van der Waals surface area contributed by atoms with Gasteiger partial charge in [0.1, 0.15) is 0 Å². The Bertz CT molecular complexity index is 1600. The van der Waals surface area contributed by atoms with E-state index < -0.39 is 82.0 Å². The van der Waals surface area contributed by atoms with Gasteiger partial charge in [0.2, 0.25) is 10.0 Å². The van der Waals surface area contributed by atoms with E-state index in [1.807, 2.05) is 5.32 Å². The van der Waals surface area contributed by atoms with Crippen molar-refractivity contribution in [1.82, 2.24) is 9.62 Å². The summed E-state index contributed by atoms with van der Waals surface area (Å²) >= 11 is 0.